The number of anilines is 1. The third-order valence-corrected chi connectivity index (χ3v) is 5.54. The minimum Gasteiger partial charge on any atom is -0.494 e. The summed E-state index contributed by atoms with van der Waals surface area (Å²) in [5.41, 5.74) is 1.54. The van der Waals surface area contributed by atoms with Crippen LogP contribution in [0, 0.1) is 5.82 Å². The number of ether oxygens (including phenoxy) is 1. The molecule has 1 aliphatic rings. The Labute approximate surface area is 187 Å². The van der Waals surface area contributed by atoms with Gasteiger partial charge in [0.2, 0.25) is 5.91 Å². The number of nitrogens with zero attached hydrogens (tertiary/aromatic N) is 2. The SMILES string of the molecule is CCOc1cccc(NC(=O)C[C@@H]2C(=O)N(CC)C(=S)N2CCc2ccc(F)cc2)c1. The van der Waals surface area contributed by atoms with Crippen LogP contribution in [-0.2, 0) is 16.0 Å². The molecule has 8 heteroatoms. The number of halogens is 1. The van der Waals surface area contributed by atoms with Crippen LogP contribution in [0.5, 0.6) is 5.75 Å². The first kappa shape index (κ1) is 22.7. The predicted octanol–water partition coefficient (Wildman–Crippen LogP) is 3.61. The number of likely N-dealkylation sites (N-methyl/N-ethyl adjacent to an activating group) is 1. The molecule has 1 heterocycles. The molecule has 3 rings (SSSR count). The van der Waals surface area contributed by atoms with Gasteiger partial charge >= 0.3 is 0 Å². The van der Waals surface area contributed by atoms with E-state index in [-0.39, 0.29) is 24.1 Å². The molecule has 0 radical (unpaired) electrons. The summed E-state index contributed by atoms with van der Waals surface area (Å²) in [6, 6.07) is 12.7. The molecule has 0 unspecified atom stereocenters. The van der Waals surface area contributed by atoms with Crippen LogP contribution >= 0.6 is 12.2 Å². The van der Waals surface area contributed by atoms with Gasteiger partial charge in [-0.1, -0.05) is 18.2 Å². The Balaban J connectivity index is 1.69. The summed E-state index contributed by atoms with van der Waals surface area (Å²) >= 11 is 5.50. The van der Waals surface area contributed by atoms with Gasteiger partial charge in [-0.2, -0.15) is 0 Å². The van der Waals surface area contributed by atoms with Gasteiger partial charge in [-0.3, -0.25) is 14.5 Å². The molecule has 1 fully saturated rings. The highest BCUT2D eigenvalue weighted by Crippen LogP contribution is 2.23. The standard InChI is InChI=1S/C23H26FN3O3S/c1-3-26-22(29)20(15-21(28)25-18-6-5-7-19(14-18)30-4-2)27(23(26)31)13-12-16-8-10-17(24)11-9-16/h5-11,14,20H,3-4,12-13,15H2,1-2H3,(H,25,28)/t20-/m1/s1. The summed E-state index contributed by atoms with van der Waals surface area (Å²) in [7, 11) is 0. The normalized spacial score (nSPS) is 16.0. The van der Waals surface area contributed by atoms with E-state index in [0.29, 0.717) is 42.7 Å². The first-order chi connectivity index (χ1) is 14.9. The molecule has 164 valence electrons. The van der Waals surface area contributed by atoms with Gasteiger partial charge in [0.05, 0.1) is 13.0 Å². The molecular weight excluding hydrogens is 417 g/mol. The maximum Gasteiger partial charge on any atom is 0.252 e. The van der Waals surface area contributed by atoms with Crippen molar-refractivity contribution >= 4 is 34.8 Å². The zero-order valence-electron chi connectivity index (χ0n) is 17.6. The zero-order chi connectivity index (χ0) is 22.4. The Bertz CT molecular complexity index is 951. The summed E-state index contributed by atoms with van der Waals surface area (Å²) < 4.78 is 18.6. The second-order valence-corrected chi connectivity index (χ2v) is 7.53. The Kier molecular flexibility index (Phi) is 7.57. The Hall–Kier alpha value is -3.00. The van der Waals surface area contributed by atoms with Crippen molar-refractivity contribution in [1.29, 1.82) is 0 Å². The molecule has 0 aliphatic carbocycles. The molecule has 0 saturated carbocycles. The summed E-state index contributed by atoms with van der Waals surface area (Å²) in [5.74, 6) is -0.0865. The number of nitrogens with one attached hydrogen (secondary N) is 1. The van der Waals surface area contributed by atoms with E-state index in [9.17, 15) is 14.0 Å². The number of carbonyl (C=O) groups is 2. The van der Waals surface area contributed by atoms with Crippen molar-refractivity contribution in [3.8, 4) is 5.75 Å². The van der Waals surface area contributed by atoms with Gasteiger partial charge in [0.25, 0.3) is 5.91 Å². The molecule has 0 bridgehead atoms. The third kappa shape index (κ3) is 5.58. The molecule has 2 amide bonds. The molecule has 1 atom stereocenters. The highest BCUT2D eigenvalue weighted by atomic mass is 32.1. The van der Waals surface area contributed by atoms with Crippen molar-refractivity contribution in [3.63, 3.8) is 0 Å². The lowest BCUT2D eigenvalue weighted by molar-refractivity contribution is -0.130. The average Bonchev–Trinajstić information content (AvgIpc) is 2.97. The van der Waals surface area contributed by atoms with Gasteiger partial charge in [0, 0.05) is 24.8 Å². The molecule has 6 nitrogen and oxygen atoms in total. The fourth-order valence-electron chi connectivity index (χ4n) is 3.55. The second kappa shape index (κ2) is 10.3. The van der Waals surface area contributed by atoms with Crippen LogP contribution in [0.3, 0.4) is 0 Å². The van der Waals surface area contributed by atoms with Crippen LogP contribution in [0.15, 0.2) is 48.5 Å². The molecule has 31 heavy (non-hydrogen) atoms. The smallest absolute Gasteiger partial charge is 0.252 e. The molecule has 0 spiro atoms. The average molecular weight is 444 g/mol. The number of rotatable bonds is 9. The van der Waals surface area contributed by atoms with Crippen LogP contribution in [0.1, 0.15) is 25.8 Å². The Morgan fingerprint density at radius 3 is 2.61 bits per heavy atom. The lowest BCUT2D eigenvalue weighted by atomic mass is 10.1. The summed E-state index contributed by atoms with van der Waals surface area (Å²) in [6.07, 6.45) is 0.567. The summed E-state index contributed by atoms with van der Waals surface area (Å²) in [5, 5.41) is 3.26. The van der Waals surface area contributed by atoms with Crippen molar-refractivity contribution in [1.82, 2.24) is 9.80 Å². The van der Waals surface area contributed by atoms with E-state index in [4.69, 9.17) is 17.0 Å². The van der Waals surface area contributed by atoms with E-state index >= 15 is 0 Å². The van der Waals surface area contributed by atoms with E-state index in [1.807, 2.05) is 19.9 Å². The predicted molar refractivity (Wildman–Crippen MR) is 121 cm³/mol. The van der Waals surface area contributed by atoms with Crippen molar-refractivity contribution in [2.24, 2.45) is 0 Å². The Morgan fingerprint density at radius 2 is 1.94 bits per heavy atom. The minimum atomic E-state index is -0.664. The number of hydrogen-bond donors (Lipinski definition) is 1. The van der Waals surface area contributed by atoms with Gasteiger partial charge in [-0.25, -0.2) is 4.39 Å². The van der Waals surface area contributed by atoms with Crippen LogP contribution < -0.4 is 10.1 Å². The molecule has 2 aromatic carbocycles. The molecule has 0 aromatic heterocycles. The Morgan fingerprint density at radius 1 is 1.19 bits per heavy atom. The van der Waals surface area contributed by atoms with Gasteiger partial charge < -0.3 is 15.0 Å². The number of benzene rings is 2. The van der Waals surface area contributed by atoms with Crippen LogP contribution in [0.25, 0.3) is 0 Å². The number of thiocarbonyl (C=S) groups is 1. The quantitative estimate of drug-likeness (QED) is 0.600. The van der Waals surface area contributed by atoms with E-state index in [2.05, 4.69) is 5.32 Å². The molecular formula is C23H26FN3O3S. The fourth-order valence-corrected chi connectivity index (χ4v) is 3.99. The topological polar surface area (TPSA) is 61.9 Å². The van der Waals surface area contributed by atoms with Gasteiger partial charge in [0.1, 0.15) is 17.6 Å². The first-order valence-electron chi connectivity index (χ1n) is 10.3. The van der Waals surface area contributed by atoms with Crippen molar-refractivity contribution in [3.05, 3.63) is 59.9 Å². The van der Waals surface area contributed by atoms with Gasteiger partial charge in [-0.05, 0) is 62.3 Å². The fraction of sp³-hybridized carbons (Fsp3) is 0.348. The maximum absolute atomic E-state index is 13.2. The second-order valence-electron chi connectivity index (χ2n) is 7.16. The molecule has 1 N–H and O–H groups in total. The third-order valence-electron chi connectivity index (χ3n) is 5.08. The largest absolute Gasteiger partial charge is 0.494 e. The monoisotopic (exact) mass is 443 g/mol. The first-order valence-corrected chi connectivity index (χ1v) is 10.7. The highest BCUT2D eigenvalue weighted by Gasteiger charge is 2.42. The number of amides is 2. The van der Waals surface area contributed by atoms with Gasteiger partial charge in [-0.15, -0.1) is 0 Å². The number of carbonyl (C=O) groups excluding carboxylic acids is 2. The summed E-state index contributed by atoms with van der Waals surface area (Å²) in [4.78, 5) is 28.9. The zero-order valence-corrected chi connectivity index (χ0v) is 18.5. The maximum atomic E-state index is 13.2. The van der Waals surface area contributed by atoms with E-state index in [1.54, 1.807) is 35.2 Å². The van der Waals surface area contributed by atoms with E-state index in [0.717, 1.165) is 5.56 Å². The lowest BCUT2D eigenvalue weighted by Gasteiger charge is -2.23. The van der Waals surface area contributed by atoms with Crippen LogP contribution in [0.2, 0.25) is 0 Å². The molecule has 1 saturated heterocycles. The van der Waals surface area contributed by atoms with Crippen molar-refractivity contribution < 1.29 is 18.7 Å². The number of hydrogen-bond acceptors (Lipinski definition) is 4. The van der Waals surface area contributed by atoms with E-state index < -0.39 is 6.04 Å². The lowest BCUT2D eigenvalue weighted by Crippen LogP contribution is -2.39. The van der Waals surface area contributed by atoms with E-state index in [1.165, 1.54) is 17.0 Å². The molecule has 1 aliphatic heterocycles. The highest BCUT2D eigenvalue weighted by molar-refractivity contribution is 7.80. The van der Waals surface area contributed by atoms with Crippen molar-refractivity contribution in [2.75, 3.05) is 25.0 Å². The van der Waals surface area contributed by atoms with Gasteiger partial charge in [0.15, 0.2) is 5.11 Å². The molecule has 2 aromatic rings. The van der Waals surface area contributed by atoms with Crippen LogP contribution in [0.4, 0.5) is 10.1 Å². The van der Waals surface area contributed by atoms with Crippen LogP contribution in [-0.4, -0.2) is 52.5 Å². The summed E-state index contributed by atoms with van der Waals surface area (Å²) in [6.45, 7) is 5.18. The van der Waals surface area contributed by atoms with Crippen molar-refractivity contribution in [2.45, 2.75) is 32.7 Å². The minimum absolute atomic E-state index is 0.0161.